The molecule has 132 valence electrons. The lowest BCUT2D eigenvalue weighted by atomic mass is 10.1. The van der Waals surface area contributed by atoms with Crippen molar-refractivity contribution in [1.29, 1.82) is 0 Å². The van der Waals surface area contributed by atoms with Crippen molar-refractivity contribution in [3.05, 3.63) is 60.2 Å². The molecule has 0 fully saturated rings. The SMILES string of the molecule is CC(C)CCOc1ccc(C(=O)OCC(=O)Nc2ccccc2)cc1. The number of carbonyl (C=O) groups excluding carboxylic acids is 2. The molecule has 0 aliphatic heterocycles. The Morgan fingerprint density at radius 1 is 1.00 bits per heavy atom. The van der Waals surface area contributed by atoms with Gasteiger partial charge in [-0.15, -0.1) is 0 Å². The first kappa shape index (κ1) is 18.5. The van der Waals surface area contributed by atoms with Crippen LogP contribution in [-0.2, 0) is 9.53 Å². The van der Waals surface area contributed by atoms with Gasteiger partial charge in [0.1, 0.15) is 5.75 Å². The predicted octanol–water partition coefficient (Wildman–Crippen LogP) is 3.91. The Bertz CT molecular complexity index is 681. The second-order valence-electron chi connectivity index (χ2n) is 6.05. The van der Waals surface area contributed by atoms with Gasteiger partial charge in [-0.1, -0.05) is 32.0 Å². The highest BCUT2D eigenvalue weighted by Crippen LogP contribution is 2.14. The summed E-state index contributed by atoms with van der Waals surface area (Å²) in [6.07, 6.45) is 0.973. The molecule has 5 nitrogen and oxygen atoms in total. The van der Waals surface area contributed by atoms with E-state index in [1.165, 1.54) is 0 Å². The topological polar surface area (TPSA) is 64.6 Å². The third-order valence-corrected chi connectivity index (χ3v) is 3.45. The Morgan fingerprint density at radius 2 is 1.68 bits per heavy atom. The fourth-order valence-electron chi connectivity index (χ4n) is 2.03. The molecule has 1 N–H and O–H groups in total. The van der Waals surface area contributed by atoms with E-state index >= 15 is 0 Å². The van der Waals surface area contributed by atoms with Crippen molar-refractivity contribution in [1.82, 2.24) is 0 Å². The summed E-state index contributed by atoms with van der Waals surface area (Å²) < 4.78 is 10.6. The van der Waals surface area contributed by atoms with E-state index in [1.807, 2.05) is 18.2 Å². The maximum Gasteiger partial charge on any atom is 0.338 e. The van der Waals surface area contributed by atoms with Crippen LogP contribution >= 0.6 is 0 Å². The molecule has 0 aromatic heterocycles. The van der Waals surface area contributed by atoms with Gasteiger partial charge in [0.25, 0.3) is 5.91 Å². The number of hydrogen-bond donors (Lipinski definition) is 1. The standard InChI is InChI=1S/C20H23NO4/c1-15(2)12-13-24-18-10-8-16(9-11-18)20(23)25-14-19(22)21-17-6-4-3-5-7-17/h3-11,15H,12-14H2,1-2H3,(H,21,22). The number of ether oxygens (including phenoxy) is 2. The zero-order valence-corrected chi connectivity index (χ0v) is 14.5. The molecule has 2 rings (SSSR count). The third kappa shape index (κ3) is 6.67. The molecule has 0 radical (unpaired) electrons. The summed E-state index contributed by atoms with van der Waals surface area (Å²) in [6.45, 7) is 4.58. The van der Waals surface area contributed by atoms with Gasteiger partial charge in [0, 0.05) is 5.69 Å². The Labute approximate surface area is 148 Å². The van der Waals surface area contributed by atoms with E-state index in [9.17, 15) is 9.59 Å². The number of para-hydroxylation sites is 1. The molecule has 0 aliphatic rings. The van der Waals surface area contributed by atoms with Crippen LogP contribution in [0.5, 0.6) is 5.75 Å². The predicted molar refractivity (Wildman–Crippen MR) is 96.7 cm³/mol. The lowest BCUT2D eigenvalue weighted by Crippen LogP contribution is -2.20. The maximum atomic E-state index is 12.0. The smallest absolute Gasteiger partial charge is 0.338 e. The fraction of sp³-hybridized carbons (Fsp3) is 0.300. The highest BCUT2D eigenvalue weighted by Gasteiger charge is 2.10. The van der Waals surface area contributed by atoms with Crippen LogP contribution in [-0.4, -0.2) is 25.1 Å². The molecule has 0 spiro atoms. The van der Waals surface area contributed by atoms with Crippen molar-refractivity contribution >= 4 is 17.6 Å². The van der Waals surface area contributed by atoms with Crippen molar-refractivity contribution in [3.63, 3.8) is 0 Å². The first-order valence-corrected chi connectivity index (χ1v) is 8.29. The molecule has 2 aromatic carbocycles. The molecular formula is C20H23NO4. The minimum absolute atomic E-state index is 0.333. The van der Waals surface area contributed by atoms with Gasteiger partial charge in [0.05, 0.1) is 12.2 Å². The molecule has 0 bridgehead atoms. The molecular weight excluding hydrogens is 318 g/mol. The number of nitrogens with one attached hydrogen (secondary N) is 1. The van der Waals surface area contributed by atoms with Crippen LogP contribution in [0, 0.1) is 5.92 Å². The average Bonchev–Trinajstić information content (AvgIpc) is 2.61. The highest BCUT2D eigenvalue weighted by atomic mass is 16.5. The Hall–Kier alpha value is -2.82. The van der Waals surface area contributed by atoms with Crippen molar-refractivity contribution in [2.45, 2.75) is 20.3 Å². The normalized spacial score (nSPS) is 10.4. The van der Waals surface area contributed by atoms with Gasteiger partial charge >= 0.3 is 5.97 Å². The monoisotopic (exact) mass is 341 g/mol. The zero-order valence-electron chi connectivity index (χ0n) is 14.5. The van der Waals surface area contributed by atoms with E-state index in [-0.39, 0.29) is 12.5 Å². The number of esters is 1. The summed E-state index contributed by atoms with van der Waals surface area (Å²) in [5.41, 5.74) is 1.04. The van der Waals surface area contributed by atoms with Crippen molar-refractivity contribution in [2.24, 2.45) is 5.92 Å². The molecule has 0 saturated heterocycles. The first-order chi connectivity index (χ1) is 12.0. The number of rotatable bonds is 8. The van der Waals surface area contributed by atoms with Crippen molar-refractivity contribution in [3.8, 4) is 5.75 Å². The van der Waals surface area contributed by atoms with E-state index in [0.717, 1.165) is 6.42 Å². The average molecular weight is 341 g/mol. The van der Waals surface area contributed by atoms with Gasteiger partial charge in [-0.2, -0.15) is 0 Å². The molecule has 0 unspecified atom stereocenters. The molecule has 1 amide bonds. The molecule has 0 aliphatic carbocycles. The van der Waals surface area contributed by atoms with Gasteiger partial charge in [-0.25, -0.2) is 4.79 Å². The van der Waals surface area contributed by atoms with Crippen LogP contribution in [0.1, 0.15) is 30.6 Å². The van der Waals surface area contributed by atoms with Crippen LogP contribution in [0.2, 0.25) is 0 Å². The number of amides is 1. The number of anilines is 1. The Morgan fingerprint density at radius 3 is 2.32 bits per heavy atom. The van der Waals surface area contributed by atoms with E-state index in [2.05, 4.69) is 19.2 Å². The van der Waals surface area contributed by atoms with Crippen LogP contribution < -0.4 is 10.1 Å². The summed E-state index contributed by atoms with van der Waals surface area (Å²) in [7, 11) is 0. The van der Waals surface area contributed by atoms with E-state index in [0.29, 0.717) is 29.5 Å². The van der Waals surface area contributed by atoms with E-state index in [4.69, 9.17) is 9.47 Å². The van der Waals surface area contributed by atoms with Gasteiger partial charge in [-0.05, 0) is 48.7 Å². The minimum atomic E-state index is -0.544. The maximum absolute atomic E-state index is 12.0. The molecule has 0 saturated carbocycles. The van der Waals surface area contributed by atoms with E-state index < -0.39 is 5.97 Å². The van der Waals surface area contributed by atoms with Crippen LogP contribution in [0.25, 0.3) is 0 Å². The lowest BCUT2D eigenvalue weighted by molar-refractivity contribution is -0.119. The highest BCUT2D eigenvalue weighted by molar-refractivity contribution is 5.95. The Kier molecular flexibility index (Phi) is 7.01. The lowest BCUT2D eigenvalue weighted by Gasteiger charge is -2.09. The second-order valence-corrected chi connectivity index (χ2v) is 6.05. The summed E-state index contributed by atoms with van der Waals surface area (Å²) >= 11 is 0. The first-order valence-electron chi connectivity index (χ1n) is 8.29. The van der Waals surface area contributed by atoms with E-state index in [1.54, 1.807) is 36.4 Å². The third-order valence-electron chi connectivity index (χ3n) is 3.45. The number of hydrogen-bond acceptors (Lipinski definition) is 4. The number of benzene rings is 2. The minimum Gasteiger partial charge on any atom is -0.494 e. The summed E-state index contributed by atoms with van der Waals surface area (Å²) in [6, 6.07) is 15.7. The molecule has 5 heteroatoms. The Balaban J connectivity index is 1.77. The fourth-order valence-corrected chi connectivity index (χ4v) is 2.03. The van der Waals surface area contributed by atoms with Crippen molar-refractivity contribution in [2.75, 3.05) is 18.5 Å². The van der Waals surface area contributed by atoms with Crippen molar-refractivity contribution < 1.29 is 19.1 Å². The largest absolute Gasteiger partial charge is 0.494 e. The zero-order chi connectivity index (χ0) is 18.1. The summed E-state index contributed by atoms with van der Waals surface area (Å²) in [5.74, 6) is 0.362. The molecule has 0 heterocycles. The van der Waals surface area contributed by atoms with Crippen LogP contribution in [0.4, 0.5) is 5.69 Å². The van der Waals surface area contributed by atoms with Crippen LogP contribution in [0.3, 0.4) is 0 Å². The molecule has 2 aromatic rings. The van der Waals surface area contributed by atoms with Crippen LogP contribution in [0.15, 0.2) is 54.6 Å². The van der Waals surface area contributed by atoms with Gasteiger partial charge < -0.3 is 14.8 Å². The molecule has 0 atom stereocenters. The number of carbonyl (C=O) groups is 2. The van der Waals surface area contributed by atoms with Gasteiger partial charge in [0.15, 0.2) is 6.61 Å². The summed E-state index contributed by atoms with van der Waals surface area (Å²) in [4.78, 5) is 23.7. The summed E-state index contributed by atoms with van der Waals surface area (Å²) in [5, 5.41) is 2.65. The quantitative estimate of drug-likeness (QED) is 0.740. The van der Waals surface area contributed by atoms with Gasteiger partial charge in [-0.3, -0.25) is 4.79 Å². The second kappa shape index (κ2) is 9.47. The molecule has 25 heavy (non-hydrogen) atoms. The van der Waals surface area contributed by atoms with Gasteiger partial charge in [0.2, 0.25) is 0 Å².